The van der Waals surface area contributed by atoms with Gasteiger partial charge in [0.1, 0.15) is 9.77 Å². The van der Waals surface area contributed by atoms with Crippen LogP contribution in [0.3, 0.4) is 0 Å². The average Bonchev–Trinajstić information content (AvgIpc) is 2.66. The number of aromatic carboxylic acids is 1. The molecular formula is C12H16BrNO5S2. The number of thiophene rings is 1. The van der Waals surface area contributed by atoms with Gasteiger partial charge in [-0.15, -0.1) is 11.3 Å². The fourth-order valence-corrected chi connectivity index (χ4v) is 6.08. The number of rotatable bonds is 3. The fraction of sp³-hybridized carbons (Fsp3) is 0.583. The van der Waals surface area contributed by atoms with E-state index in [9.17, 15) is 18.3 Å². The van der Waals surface area contributed by atoms with E-state index < -0.39 is 21.6 Å². The monoisotopic (exact) mass is 397 g/mol. The van der Waals surface area contributed by atoms with Gasteiger partial charge in [-0.3, -0.25) is 0 Å². The Labute approximate surface area is 135 Å². The molecule has 9 heteroatoms. The molecule has 1 atom stereocenters. The van der Waals surface area contributed by atoms with Gasteiger partial charge in [0.05, 0.1) is 9.39 Å². The number of sulfonamides is 1. The van der Waals surface area contributed by atoms with Crippen molar-refractivity contribution in [2.75, 3.05) is 13.1 Å². The molecule has 0 spiro atoms. The van der Waals surface area contributed by atoms with Crippen LogP contribution in [0.25, 0.3) is 0 Å². The van der Waals surface area contributed by atoms with Crippen LogP contribution in [-0.4, -0.2) is 47.6 Å². The molecule has 0 radical (unpaired) electrons. The summed E-state index contributed by atoms with van der Waals surface area (Å²) < 4.78 is 26.9. The molecule has 0 aliphatic carbocycles. The Kier molecular flexibility index (Phi) is 4.79. The van der Waals surface area contributed by atoms with Crippen molar-refractivity contribution in [2.45, 2.75) is 36.7 Å². The van der Waals surface area contributed by atoms with E-state index in [0.29, 0.717) is 25.8 Å². The second-order valence-electron chi connectivity index (χ2n) is 5.31. The van der Waals surface area contributed by atoms with Crippen LogP contribution in [0.2, 0.25) is 0 Å². The van der Waals surface area contributed by atoms with E-state index >= 15 is 0 Å². The van der Waals surface area contributed by atoms with Crippen molar-refractivity contribution in [3.05, 3.63) is 14.7 Å². The van der Waals surface area contributed by atoms with Crippen molar-refractivity contribution >= 4 is 43.3 Å². The first-order valence-electron chi connectivity index (χ1n) is 6.39. The predicted octanol–water partition coefficient (Wildman–Crippen LogP) is 2.13. The minimum absolute atomic E-state index is 0.0218. The minimum atomic E-state index is -3.76. The van der Waals surface area contributed by atoms with E-state index in [2.05, 4.69) is 15.9 Å². The summed E-state index contributed by atoms with van der Waals surface area (Å²) in [7, 11) is -3.76. The third-order valence-electron chi connectivity index (χ3n) is 3.51. The molecule has 6 nitrogen and oxygen atoms in total. The zero-order valence-corrected chi connectivity index (χ0v) is 14.6. The van der Waals surface area contributed by atoms with E-state index in [1.165, 1.54) is 10.4 Å². The molecule has 2 heterocycles. The molecule has 1 aromatic heterocycles. The third kappa shape index (κ3) is 3.65. The molecule has 0 aromatic carbocycles. The van der Waals surface area contributed by atoms with Gasteiger partial charge in [-0.2, -0.15) is 4.31 Å². The smallest absolute Gasteiger partial charge is 0.345 e. The number of aliphatic hydroxyl groups is 1. The molecule has 1 aromatic rings. The first-order valence-corrected chi connectivity index (χ1v) is 9.44. The molecule has 1 aliphatic rings. The second-order valence-corrected chi connectivity index (χ2v) is 9.58. The summed E-state index contributed by atoms with van der Waals surface area (Å²) in [6.45, 7) is 2.25. The number of nitrogens with zero attached hydrogens (tertiary/aromatic N) is 1. The maximum Gasteiger partial charge on any atom is 0.345 e. The average molecular weight is 398 g/mol. The Balaban J connectivity index is 2.31. The number of carboxylic acid groups (broad SMARTS) is 1. The summed E-state index contributed by atoms with van der Waals surface area (Å²) >= 11 is 4.01. The number of carboxylic acids is 1. The van der Waals surface area contributed by atoms with Crippen molar-refractivity contribution in [1.82, 2.24) is 4.31 Å². The predicted molar refractivity (Wildman–Crippen MR) is 82.2 cm³/mol. The largest absolute Gasteiger partial charge is 0.477 e. The molecule has 0 bridgehead atoms. The van der Waals surface area contributed by atoms with Crippen molar-refractivity contribution in [3.63, 3.8) is 0 Å². The van der Waals surface area contributed by atoms with Gasteiger partial charge in [-0.05, 0) is 48.2 Å². The number of hydrogen-bond donors (Lipinski definition) is 2. The normalized spacial score (nSPS) is 24.7. The Hall–Kier alpha value is -0.480. The standard InChI is InChI=1S/C12H16BrNO5S2/c1-12(17)3-2-5-14(6-4-12)21(18,19)9-7-8(11(15)16)20-10(9)13/h7,17H,2-6H2,1H3,(H,15,16). The van der Waals surface area contributed by atoms with Gasteiger partial charge < -0.3 is 10.2 Å². The molecule has 1 saturated heterocycles. The van der Waals surface area contributed by atoms with Crippen LogP contribution in [0.5, 0.6) is 0 Å². The zero-order chi connectivity index (χ0) is 15.8. The maximum absolute atomic E-state index is 12.6. The van der Waals surface area contributed by atoms with Gasteiger partial charge in [0, 0.05) is 13.1 Å². The first kappa shape index (κ1) is 16.9. The lowest BCUT2D eigenvalue weighted by Crippen LogP contribution is -2.33. The number of carbonyl (C=O) groups is 1. The van der Waals surface area contributed by atoms with Crippen LogP contribution in [0.4, 0.5) is 0 Å². The summed E-state index contributed by atoms with van der Waals surface area (Å²) in [5, 5.41) is 19.0. The maximum atomic E-state index is 12.6. The Morgan fingerprint density at radius 3 is 2.67 bits per heavy atom. The SMILES string of the molecule is CC1(O)CCCN(S(=O)(=O)c2cc(C(=O)O)sc2Br)CC1. The lowest BCUT2D eigenvalue weighted by atomic mass is 9.98. The van der Waals surface area contributed by atoms with Crippen molar-refractivity contribution in [1.29, 1.82) is 0 Å². The van der Waals surface area contributed by atoms with Gasteiger partial charge in [-0.1, -0.05) is 0 Å². The molecule has 0 amide bonds. The molecule has 2 N–H and O–H groups in total. The van der Waals surface area contributed by atoms with Crippen LogP contribution in [0.15, 0.2) is 14.7 Å². The van der Waals surface area contributed by atoms with Gasteiger partial charge in [0.15, 0.2) is 0 Å². The second kappa shape index (κ2) is 5.96. The summed E-state index contributed by atoms with van der Waals surface area (Å²) in [6, 6.07) is 1.18. The summed E-state index contributed by atoms with van der Waals surface area (Å²) in [4.78, 5) is 10.9. The summed E-state index contributed by atoms with van der Waals surface area (Å²) in [5.74, 6) is -1.15. The van der Waals surface area contributed by atoms with Gasteiger partial charge in [0.25, 0.3) is 0 Å². The molecule has 1 fully saturated rings. The zero-order valence-electron chi connectivity index (χ0n) is 11.4. The summed E-state index contributed by atoms with van der Waals surface area (Å²) in [6.07, 6.45) is 1.48. The highest BCUT2D eigenvalue weighted by molar-refractivity contribution is 9.11. The lowest BCUT2D eigenvalue weighted by molar-refractivity contribution is 0.0465. The van der Waals surface area contributed by atoms with Gasteiger partial charge >= 0.3 is 5.97 Å². The van der Waals surface area contributed by atoms with Crippen LogP contribution >= 0.6 is 27.3 Å². The van der Waals surface area contributed by atoms with Crippen LogP contribution in [-0.2, 0) is 10.0 Å². The van der Waals surface area contributed by atoms with Gasteiger partial charge in [-0.25, -0.2) is 13.2 Å². The highest BCUT2D eigenvalue weighted by atomic mass is 79.9. The Morgan fingerprint density at radius 2 is 2.10 bits per heavy atom. The quantitative estimate of drug-likeness (QED) is 0.814. The highest BCUT2D eigenvalue weighted by Gasteiger charge is 2.33. The Morgan fingerprint density at radius 1 is 1.43 bits per heavy atom. The van der Waals surface area contributed by atoms with Crippen molar-refractivity contribution < 1.29 is 23.4 Å². The van der Waals surface area contributed by atoms with Crippen LogP contribution < -0.4 is 0 Å². The van der Waals surface area contributed by atoms with Crippen LogP contribution in [0.1, 0.15) is 35.9 Å². The number of hydrogen-bond acceptors (Lipinski definition) is 5. The molecule has 1 aliphatic heterocycles. The molecular weight excluding hydrogens is 382 g/mol. The van der Waals surface area contributed by atoms with Crippen LogP contribution in [0, 0.1) is 0 Å². The summed E-state index contributed by atoms with van der Waals surface area (Å²) in [5.41, 5.74) is -0.859. The molecule has 2 rings (SSSR count). The van der Waals surface area contributed by atoms with E-state index in [1.807, 2.05) is 0 Å². The number of halogens is 1. The molecule has 1 unspecified atom stereocenters. The highest BCUT2D eigenvalue weighted by Crippen LogP contribution is 2.35. The molecule has 0 saturated carbocycles. The Bertz CT molecular complexity index is 653. The van der Waals surface area contributed by atoms with E-state index in [1.54, 1.807) is 6.92 Å². The van der Waals surface area contributed by atoms with E-state index in [0.717, 1.165) is 11.3 Å². The molecule has 21 heavy (non-hydrogen) atoms. The lowest BCUT2D eigenvalue weighted by Gasteiger charge is -2.22. The first-order chi connectivity index (χ1) is 9.63. The minimum Gasteiger partial charge on any atom is -0.477 e. The van der Waals surface area contributed by atoms with Crippen molar-refractivity contribution in [2.24, 2.45) is 0 Å². The van der Waals surface area contributed by atoms with Gasteiger partial charge in [0.2, 0.25) is 10.0 Å². The molecule has 118 valence electrons. The van der Waals surface area contributed by atoms with Crippen molar-refractivity contribution in [3.8, 4) is 0 Å². The topological polar surface area (TPSA) is 94.9 Å². The third-order valence-corrected chi connectivity index (χ3v) is 7.65. The van der Waals surface area contributed by atoms with E-state index in [-0.39, 0.29) is 20.1 Å². The fourth-order valence-electron chi connectivity index (χ4n) is 2.25. The van der Waals surface area contributed by atoms with E-state index in [4.69, 9.17) is 5.11 Å².